The molecule has 0 saturated carbocycles. The van der Waals surface area contributed by atoms with Crippen molar-refractivity contribution in [1.82, 2.24) is 15.5 Å². The van der Waals surface area contributed by atoms with Crippen molar-refractivity contribution in [2.75, 3.05) is 13.2 Å². The highest BCUT2D eigenvalue weighted by Gasteiger charge is 2.47. The maximum absolute atomic E-state index is 12.2. The van der Waals surface area contributed by atoms with E-state index >= 15 is 0 Å². The second kappa shape index (κ2) is 6.22. The van der Waals surface area contributed by atoms with Crippen molar-refractivity contribution in [3.8, 4) is 0 Å². The Balaban J connectivity index is 1.30. The molecule has 1 aromatic rings. The average molecular weight is 321 g/mol. The van der Waals surface area contributed by atoms with Crippen LogP contribution in [0, 0.1) is 0 Å². The zero-order valence-electron chi connectivity index (χ0n) is 13.1. The number of H-pyrrole nitrogens is 1. The molecule has 0 radical (unpaired) electrons. The van der Waals surface area contributed by atoms with Gasteiger partial charge in [0.1, 0.15) is 18.3 Å². The van der Waals surface area contributed by atoms with Crippen molar-refractivity contribution >= 4 is 5.91 Å². The molecule has 0 spiro atoms. The topological polar surface area (TPSA) is 96.5 Å². The van der Waals surface area contributed by atoms with Gasteiger partial charge in [0.15, 0.2) is 0 Å². The van der Waals surface area contributed by atoms with E-state index in [1.165, 1.54) is 24.1 Å². The quantitative estimate of drug-likeness (QED) is 0.717. The Kier molecular flexibility index (Phi) is 4.09. The smallest absolute Gasteiger partial charge is 0.220 e. The maximum Gasteiger partial charge on any atom is 0.220 e. The van der Waals surface area contributed by atoms with Gasteiger partial charge in [-0.05, 0) is 31.2 Å². The number of aromatic amines is 1. The van der Waals surface area contributed by atoms with E-state index in [2.05, 4.69) is 15.5 Å². The lowest BCUT2D eigenvalue weighted by Gasteiger charge is -2.17. The number of aliphatic hydroxyl groups excluding tert-OH is 1. The minimum atomic E-state index is -0.586. The van der Waals surface area contributed by atoms with Gasteiger partial charge in [-0.25, -0.2) is 0 Å². The van der Waals surface area contributed by atoms with Gasteiger partial charge < -0.3 is 19.9 Å². The molecule has 2 aliphatic heterocycles. The number of hydrogen-bond acceptors (Lipinski definition) is 5. The first-order valence-corrected chi connectivity index (χ1v) is 8.48. The number of fused-ring (bicyclic) bond motifs is 2. The molecule has 7 heteroatoms. The summed E-state index contributed by atoms with van der Waals surface area (Å²) >= 11 is 0. The fourth-order valence-electron chi connectivity index (χ4n) is 3.87. The first-order valence-electron chi connectivity index (χ1n) is 8.48. The third kappa shape index (κ3) is 2.88. The fraction of sp³-hybridized carbons (Fsp3) is 0.750. The lowest BCUT2D eigenvalue weighted by Crippen LogP contribution is -2.44. The maximum atomic E-state index is 12.2. The van der Waals surface area contributed by atoms with Gasteiger partial charge in [-0.3, -0.25) is 9.89 Å². The molecule has 3 N–H and O–H groups in total. The largest absolute Gasteiger partial charge is 0.388 e. The van der Waals surface area contributed by atoms with Crippen LogP contribution >= 0.6 is 0 Å². The molecule has 1 aliphatic carbocycles. The van der Waals surface area contributed by atoms with Crippen molar-refractivity contribution < 1.29 is 19.4 Å². The van der Waals surface area contributed by atoms with Crippen LogP contribution in [0.1, 0.15) is 36.2 Å². The number of hydrogen-bond donors (Lipinski definition) is 3. The summed E-state index contributed by atoms with van der Waals surface area (Å²) in [5.74, 6) is -0.0169. The zero-order valence-corrected chi connectivity index (χ0v) is 13.1. The predicted molar refractivity (Wildman–Crippen MR) is 81.0 cm³/mol. The highest BCUT2D eigenvalue weighted by atomic mass is 16.6. The highest BCUT2D eigenvalue weighted by Crippen LogP contribution is 2.27. The van der Waals surface area contributed by atoms with Crippen LogP contribution in [0.15, 0.2) is 0 Å². The first kappa shape index (κ1) is 15.1. The lowest BCUT2D eigenvalue weighted by atomic mass is 9.94. The summed E-state index contributed by atoms with van der Waals surface area (Å²) in [6.45, 7) is 0.678. The Labute approximate surface area is 134 Å². The van der Waals surface area contributed by atoms with Gasteiger partial charge in [-0.15, -0.1) is 0 Å². The molecule has 2 fully saturated rings. The summed E-state index contributed by atoms with van der Waals surface area (Å²) < 4.78 is 11.0. The van der Waals surface area contributed by atoms with Crippen LogP contribution < -0.4 is 5.32 Å². The summed E-state index contributed by atoms with van der Waals surface area (Å²) in [4.78, 5) is 12.2. The standard InChI is InChI=1S/C16H23N3O4/c20-13-8-23-15-12(7-22-16(13)15)17-14(21)6-5-11-9-3-1-2-4-10(9)18-19-11/h12-13,15-16,20H,1-8H2,(H,17,21)(H,18,19)/t12-,13-,15-,16-/m1/s1. The van der Waals surface area contributed by atoms with Crippen molar-refractivity contribution in [1.29, 1.82) is 0 Å². The van der Waals surface area contributed by atoms with E-state index in [1.807, 2.05) is 0 Å². The Bertz CT molecular complexity index is 588. The molecular weight excluding hydrogens is 298 g/mol. The summed E-state index contributed by atoms with van der Waals surface area (Å²) in [7, 11) is 0. The first-order chi connectivity index (χ1) is 11.2. The number of amides is 1. The van der Waals surface area contributed by atoms with Crippen LogP contribution in [0.25, 0.3) is 0 Å². The molecule has 4 rings (SSSR count). The van der Waals surface area contributed by atoms with E-state index in [0.717, 1.165) is 18.5 Å². The van der Waals surface area contributed by atoms with Gasteiger partial charge >= 0.3 is 0 Å². The molecule has 126 valence electrons. The molecule has 1 aromatic heterocycles. The number of aromatic nitrogens is 2. The normalized spacial score (nSPS) is 32.6. The molecular formula is C16H23N3O4. The summed E-state index contributed by atoms with van der Waals surface area (Å²) in [6.07, 6.45) is 4.49. The van der Waals surface area contributed by atoms with Crippen LogP contribution in [0.4, 0.5) is 0 Å². The highest BCUT2D eigenvalue weighted by molar-refractivity contribution is 5.76. The number of carbonyl (C=O) groups is 1. The van der Waals surface area contributed by atoms with E-state index in [0.29, 0.717) is 19.4 Å². The predicted octanol–water partition coefficient (Wildman–Crippen LogP) is -0.136. The zero-order chi connectivity index (χ0) is 15.8. The second-order valence-electron chi connectivity index (χ2n) is 6.67. The Morgan fingerprint density at radius 1 is 1.26 bits per heavy atom. The SMILES string of the molecule is O=C(CCc1n[nH]c2c1CCCC2)N[C@@H]1CO[C@H]2[C@@H]1OC[C@H]2O. The van der Waals surface area contributed by atoms with Gasteiger partial charge in [-0.2, -0.15) is 5.10 Å². The van der Waals surface area contributed by atoms with E-state index in [1.54, 1.807) is 0 Å². The lowest BCUT2D eigenvalue weighted by molar-refractivity contribution is -0.122. The number of aryl methyl sites for hydroxylation is 2. The van der Waals surface area contributed by atoms with E-state index < -0.39 is 6.10 Å². The van der Waals surface area contributed by atoms with Crippen LogP contribution in [0.5, 0.6) is 0 Å². The summed E-state index contributed by atoms with van der Waals surface area (Å²) in [6, 6.07) is -0.169. The van der Waals surface area contributed by atoms with Gasteiger partial charge in [0.2, 0.25) is 5.91 Å². The molecule has 2 saturated heterocycles. The fourth-order valence-corrected chi connectivity index (χ4v) is 3.87. The molecule has 0 bridgehead atoms. The summed E-state index contributed by atoms with van der Waals surface area (Å²) in [5, 5.41) is 20.2. The van der Waals surface area contributed by atoms with Crippen LogP contribution in [-0.4, -0.2) is 58.8 Å². The van der Waals surface area contributed by atoms with Crippen molar-refractivity contribution in [3.05, 3.63) is 17.0 Å². The Hall–Kier alpha value is -1.44. The third-order valence-corrected chi connectivity index (χ3v) is 5.10. The number of carbonyl (C=O) groups excluding carboxylic acids is 1. The average Bonchev–Trinajstić information content (AvgIpc) is 3.23. The van der Waals surface area contributed by atoms with Gasteiger partial charge in [0, 0.05) is 18.5 Å². The van der Waals surface area contributed by atoms with Crippen molar-refractivity contribution in [2.24, 2.45) is 0 Å². The van der Waals surface area contributed by atoms with E-state index in [9.17, 15) is 9.90 Å². The molecule has 0 unspecified atom stereocenters. The van der Waals surface area contributed by atoms with Crippen LogP contribution in [-0.2, 0) is 33.5 Å². The molecule has 1 amide bonds. The number of nitrogens with zero attached hydrogens (tertiary/aromatic N) is 1. The monoisotopic (exact) mass is 321 g/mol. The third-order valence-electron chi connectivity index (χ3n) is 5.10. The molecule has 3 heterocycles. The Morgan fingerprint density at radius 3 is 3.00 bits per heavy atom. The number of aliphatic hydroxyl groups is 1. The van der Waals surface area contributed by atoms with Gasteiger partial charge in [0.25, 0.3) is 0 Å². The van der Waals surface area contributed by atoms with Gasteiger partial charge in [-0.1, -0.05) is 0 Å². The number of rotatable bonds is 4. The van der Waals surface area contributed by atoms with Crippen molar-refractivity contribution in [2.45, 2.75) is 62.9 Å². The number of ether oxygens (including phenoxy) is 2. The van der Waals surface area contributed by atoms with E-state index in [-0.39, 0.29) is 30.8 Å². The van der Waals surface area contributed by atoms with Crippen LogP contribution in [0.3, 0.4) is 0 Å². The molecule has 3 aliphatic rings. The van der Waals surface area contributed by atoms with E-state index in [4.69, 9.17) is 9.47 Å². The second-order valence-corrected chi connectivity index (χ2v) is 6.67. The molecule has 4 atom stereocenters. The molecule has 23 heavy (non-hydrogen) atoms. The molecule has 0 aromatic carbocycles. The van der Waals surface area contributed by atoms with Crippen LogP contribution in [0.2, 0.25) is 0 Å². The minimum Gasteiger partial charge on any atom is -0.388 e. The number of nitrogens with one attached hydrogen (secondary N) is 2. The Morgan fingerprint density at radius 2 is 2.09 bits per heavy atom. The van der Waals surface area contributed by atoms with Crippen molar-refractivity contribution in [3.63, 3.8) is 0 Å². The summed E-state index contributed by atoms with van der Waals surface area (Å²) in [5.41, 5.74) is 3.59. The van der Waals surface area contributed by atoms with Gasteiger partial charge in [0.05, 0.1) is 24.9 Å². The minimum absolute atomic E-state index is 0.0169. The molecule has 7 nitrogen and oxygen atoms in total.